The first-order valence-electron chi connectivity index (χ1n) is 17.4. The lowest BCUT2D eigenvalue weighted by molar-refractivity contribution is 0.670. The van der Waals surface area contributed by atoms with E-state index >= 15 is 0 Å². The lowest BCUT2D eigenvalue weighted by Gasteiger charge is -2.20. The van der Waals surface area contributed by atoms with Crippen molar-refractivity contribution < 1.29 is 4.42 Å². The molecule has 0 fully saturated rings. The van der Waals surface area contributed by atoms with Gasteiger partial charge in [-0.25, -0.2) is 0 Å². The molecule has 1 heterocycles. The Balaban J connectivity index is 0.000000145. The van der Waals surface area contributed by atoms with Crippen LogP contribution in [-0.2, 0) is 0 Å². The molecule has 0 atom stereocenters. The van der Waals surface area contributed by atoms with Crippen LogP contribution >= 0.6 is 31.9 Å². The Morgan fingerprint density at radius 1 is 0.540 bits per heavy atom. The van der Waals surface area contributed by atoms with Crippen LogP contribution < -0.4 is 5.32 Å². The van der Waals surface area contributed by atoms with Crippen LogP contribution in [0.1, 0.15) is 61.8 Å². The lowest BCUT2D eigenvalue weighted by Crippen LogP contribution is -1.96. The van der Waals surface area contributed by atoms with Crippen molar-refractivity contribution in [2.45, 2.75) is 53.4 Å². The van der Waals surface area contributed by atoms with Gasteiger partial charge in [0.1, 0.15) is 5.58 Å². The van der Waals surface area contributed by atoms with Gasteiger partial charge >= 0.3 is 0 Å². The first kappa shape index (κ1) is 32.8. The number of furan rings is 1. The second kappa shape index (κ2) is 12.7. The van der Waals surface area contributed by atoms with Crippen molar-refractivity contribution in [3.05, 3.63) is 140 Å². The molecule has 9 rings (SSSR count). The number of hydrogen-bond acceptors (Lipinski definition) is 2. The molecular weight excluding hydrogens is 742 g/mol. The Morgan fingerprint density at radius 3 is 1.76 bits per heavy atom. The van der Waals surface area contributed by atoms with Crippen molar-refractivity contribution in [1.29, 1.82) is 0 Å². The molecule has 0 amide bonds. The molecule has 0 unspecified atom stereocenters. The number of halogens is 2. The number of aryl methyl sites for hydroxylation is 2. The highest BCUT2D eigenvalue weighted by Gasteiger charge is 2.19. The number of fused-ring (bicyclic) bond motifs is 4. The number of hydrogen-bond donors (Lipinski definition) is 1. The highest BCUT2D eigenvalue weighted by molar-refractivity contribution is 9.11. The highest BCUT2D eigenvalue weighted by Crippen LogP contribution is 2.45. The summed E-state index contributed by atoms with van der Waals surface area (Å²) >= 11 is 7.63. The van der Waals surface area contributed by atoms with E-state index in [9.17, 15) is 0 Å². The standard InChI is InChI=1S/C24H19NO.C22H20Br2/c1-15-10-12-17-13-11-16(2)23(20(17)14-15)25-21-8-5-7-19-18-6-3-4-9-22(18)26-24(19)21;1-11(2)17-9-19(23)15-8-6-14-18(12(3)4)10-20(24)16-7-5-13(17)21(15)22(14)16/h3-14,25H,1-2H3;5-12H,1-4H3. The van der Waals surface area contributed by atoms with E-state index in [2.05, 4.69) is 176 Å². The fraction of sp³-hybridized carbons (Fsp3) is 0.174. The third-order valence-electron chi connectivity index (χ3n) is 10.2. The van der Waals surface area contributed by atoms with Crippen LogP contribution in [0.25, 0.3) is 65.0 Å². The number of nitrogens with one attached hydrogen (secondary N) is 1. The van der Waals surface area contributed by atoms with Gasteiger partial charge in [0.25, 0.3) is 0 Å². The van der Waals surface area contributed by atoms with Gasteiger partial charge in [0, 0.05) is 30.8 Å². The van der Waals surface area contributed by atoms with E-state index in [-0.39, 0.29) is 0 Å². The second-order valence-corrected chi connectivity index (χ2v) is 15.9. The molecule has 4 heteroatoms. The van der Waals surface area contributed by atoms with E-state index in [1.54, 1.807) is 0 Å². The molecular formula is C46H39Br2NO. The minimum Gasteiger partial charge on any atom is -0.454 e. The van der Waals surface area contributed by atoms with Gasteiger partial charge < -0.3 is 9.73 Å². The van der Waals surface area contributed by atoms with E-state index in [0.29, 0.717) is 11.8 Å². The Hall–Kier alpha value is -4.38. The van der Waals surface area contributed by atoms with E-state index in [1.165, 1.54) is 74.3 Å². The normalized spacial score (nSPS) is 12.0. The van der Waals surface area contributed by atoms with Crippen LogP contribution in [0, 0.1) is 13.8 Å². The van der Waals surface area contributed by atoms with E-state index in [4.69, 9.17) is 4.42 Å². The topological polar surface area (TPSA) is 25.2 Å². The molecule has 0 radical (unpaired) electrons. The SMILES string of the molecule is CC(C)c1cc(Br)c2ccc3c(C(C)C)cc(Br)c4ccc1c2c43.Cc1ccc2ccc(C)c(Nc3cccc4c3oc3ccccc34)c2c1. The van der Waals surface area contributed by atoms with Gasteiger partial charge in [0.05, 0.1) is 5.69 Å². The van der Waals surface area contributed by atoms with Gasteiger partial charge in [0.15, 0.2) is 5.58 Å². The Labute approximate surface area is 310 Å². The summed E-state index contributed by atoms with van der Waals surface area (Å²) in [5.41, 5.74) is 9.25. The fourth-order valence-corrected chi connectivity index (χ4v) is 8.76. The molecule has 2 nitrogen and oxygen atoms in total. The Kier molecular flexibility index (Phi) is 8.36. The third kappa shape index (κ3) is 5.45. The molecule has 8 aromatic carbocycles. The molecule has 0 aliphatic rings. The second-order valence-electron chi connectivity index (χ2n) is 14.2. The van der Waals surface area contributed by atoms with Crippen LogP contribution in [0.2, 0.25) is 0 Å². The van der Waals surface area contributed by atoms with E-state index < -0.39 is 0 Å². The van der Waals surface area contributed by atoms with E-state index in [0.717, 1.165) is 33.3 Å². The van der Waals surface area contributed by atoms with Crippen molar-refractivity contribution in [2.24, 2.45) is 0 Å². The van der Waals surface area contributed by atoms with Crippen molar-refractivity contribution in [3.8, 4) is 0 Å². The zero-order valence-corrected chi connectivity index (χ0v) is 32.4. The maximum Gasteiger partial charge on any atom is 0.158 e. The minimum absolute atomic E-state index is 0.499. The molecule has 0 aliphatic carbocycles. The summed E-state index contributed by atoms with van der Waals surface area (Å²) in [6.07, 6.45) is 0. The highest BCUT2D eigenvalue weighted by atomic mass is 79.9. The summed E-state index contributed by atoms with van der Waals surface area (Å²) in [4.78, 5) is 0. The molecule has 0 saturated heterocycles. The minimum atomic E-state index is 0.499. The first-order chi connectivity index (χ1) is 24.1. The average Bonchev–Trinajstić information content (AvgIpc) is 3.49. The summed E-state index contributed by atoms with van der Waals surface area (Å²) in [5.74, 6) is 0.998. The quantitative estimate of drug-likeness (QED) is 0.180. The van der Waals surface area contributed by atoms with Crippen molar-refractivity contribution in [1.82, 2.24) is 0 Å². The summed E-state index contributed by atoms with van der Waals surface area (Å²) in [7, 11) is 0. The monoisotopic (exact) mass is 779 g/mol. The summed E-state index contributed by atoms with van der Waals surface area (Å²) in [5, 5.41) is 16.6. The summed E-state index contributed by atoms with van der Waals surface area (Å²) in [6, 6.07) is 39.1. The van der Waals surface area contributed by atoms with Crippen LogP contribution in [0.4, 0.5) is 11.4 Å². The van der Waals surface area contributed by atoms with Gasteiger partial charge in [-0.05, 0) is 110 Å². The van der Waals surface area contributed by atoms with Crippen LogP contribution in [0.5, 0.6) is 0 Å². The molecule has 1 aromatic heterocycles. The van der Waals surface area contributed by atoms with Crippen molar-refractivity contribution in [2.75, 3.05) is 5.32 Å². The molecule has 0 bridgehead atoms. The van der Waals surface area contributed by atoms with Gasteiger partial charge in [-0.3, -0.25) is 0 Å². The van der Waals surface area contributed by atoms with Crippen LogP contribution in [-0.4, -0.2) is 0 Å². The largest absolute Gasteiger partial charge is 0.454 e. The lowest BCUT2D eigenvalue weighted by atomic mass is 9.86. The number of rotatable bonds is 4. The van der Waals surface area contributed by atoms with E-state index in [1.807, 2.05) is 12.1 Å². The fourth-order valence-electron chi connectivity index (χ4n) is 7.60. The predicted octanol–water partition coefficient (Wildman–Crippen LogP) is 15.5. The average molecular weight is 782 g/mol. The zero-order valence-electron chi connectivity index (χ0n) is 29.2. The molecule has 1 N–H and O–H groups in total. The smallest absolute Gasteiger partial charge is 0.158 e. The maximum atomic E-state index is 6.17. The third-order valence-corrected chi connectivity index (χ3v) is 11.5. The number of benzene rings is 8. The predicted molar refractivity (Wildman–Crippen MR) is 224 cm³/mol. The molecule has 0 spiro atoms. The zero-order chi connectivity index (χ0) is 34.8. The molecule has 0 saturated carbocycles. The Morgan fingerprint density at radius 2 is 1.12 bits per heavy atom. The van der Waals surface area contributed by atoms with Gasteiger partial charge in [-0.15, -0.1) is 0 Å². The van der Waals surface area contributed by atoms with Crippen molar-refractivity contribution in [3.63, 3.8) is 0 Å². The molecule has 248 valence electrons. The molecule has 0 aliphatic heterocycles. The summed E-state index contributed by atoms with van der Waals surface area (Å²) < 4.78 is 8.56. The summed E-state index contributed by atoms with van der Waals surface area (Å²) in [6.45, 7) is 13.4. The molecule has 9 aromatic rings. The first-order valence-corrected chi connectivity index (χ1v) is 19.0. The van der Waals surface area contributed by atoms with Crippen LogP contribution in [0.3, 0.4) is 0 Å². The molecule has 50 heavy (non-hydrogen) atoms. The maximum absolute atomic E-state index is 6.17. The van der Waals surface area contributed by atoms with Gasteiger partial charge in [-0.2, -0.15) is 0 Å². The van der Waals surface area contributed by atoms with Crippen LogP contribution in [0.15, 0.2) is 123 Å². The number of anilines is 2. The Bertz CT molecular complexity index is 2640. The number of para-hydroxylation sites is 2. The van der Waals surface area contributed by atoms with Gasteiger partial charge in [0.2, 0.25) is 0 Å². The van der Waals surface area contributed by atoms with Crippen molar-refractivity contribution >= 4 is 108 Å². The van der Waals surface area contributed by atoms with Gasteiger partial charge in [-0.1, -0.05) is 144 Å².